The van der Waals surface area contributed by atoms with E-state index in [9.17, 15) is 4.79 Å². The molecule has 1 saturated carbocycles. The zero-order valence-corrected chi connectivity index (χ0v) is 7.71. The maximum atomic E-state index is 11.5. The van der Waals surface area contributed by atoms with Gasteiger partial charge in [0.1, 0.15) is 0 Å². The van der Waals surface area contributed by atoms with E-state index >= 15 is 0 Å². The highest BCUT2D eigenvalue weighted by Crippen LogP contribution is 2.46. The molecule has 1 fully saturated rings. The van der Waals surface area contributed by atoms with Crippen molar-refractivity contribution in [3.05, 3.63) is 36.1 Å². The first kappa shape index (κ1) is 8.30. The van der Waals surface area contributed by atoms with Crippen LogP contribution >= 0.6 is 0 Å². The number of hydrogen-bond acceptors (Lipinski definition) is 1. The number of carbonyl (C=O) groups is 1. The SMILES string of the molecule is C=CNC(=O)C1=CC2CC2C=C1C. The molecule has 0 heterocycles. The largest absolute Gasteiger partial charge is 0.329 e. The summed E-state index contributed by atoms with van der Waals surface area (Å²) < 4.78 is 0. The Morgan fingerprint density at radius 1 is 1.62 bits per heavy atom. The number of rotatable bonds is 2. The van der Waals surface area contributed by atoms with Gasteiger partial charge in [-0.15, -0.1) is 0 Å². The smallest absolute Gasteiger partial charge is 0.255 e. The van der Waals surface area contributed by atoms with Crippen LogP contribution in [0.4, 0.5) is 0 Å². The standard InChI is InChI=1S/C11H13NO/c1-3-12-11(13)10-6-9-5-8(9)4-7(10)2/h3-4,6,8-9H,1,5H2,2H3,(H,12,13). The summed E-state index contributed by atoms with van der Waals surface area (Å²) in [6, 6.07) is 0. The Balaban J connectivity index is 2.18. The lowest BCUT2D eigenvalue weighted by atomic mass is 9.99. The van der Waals surface area contributed by atoms with Crippen molar-refractivity contribution in [3.8, 4) is 0 Å². The summed E-state index contributed by atoms with van der Waals surface area (Å²) >= 11 is 0. The molecule has 2 heteroatoms. The lowest BCUT2D eigenvalue weighted by Crippen LogP contribution is -2.20. The Hall–Kier alpha value is -1.31. The van der Waals surface area contributed by atoms with Crippen molar-refractivity contribution in [3.63, 3.8) is 0 Å². The molecular formula is C11H13NO. The maximum Gasteiger partial charge on any atom is 0.255 e. The summed E-state index contributed by atoms with van der Waals surface area (Å²) in [4.78, 5) is 11.5. The van der Waals surface area contributed by atoms with E-state index in [4.69, 9.17) is 0 Å². The highest BCUT2D eigenvalue weighted by molar-refractivity contribution is 5.98. The molecule has 2 atom stereocenters. The van der Waals surface area contributed by atoms with Crippen LogP contribution in [0, 0.1) is 11.8 Å². The third kappa shape index (κ3) is 1.44. The molecule has 0 saturated heterocycles. The van der Waals surface area contributed by atoms with Gasteiger partial charge in [-0.3, -0.25) is 4.79 Å². The molecule has 2 nitrogen and oxygen atoms in total. The van der Waals surface area contributed by atoms with Gasteiger partial charge in [-0.1, -0.05) is 18.7 Å². The molecule has 2 aliphatic carbocycles. The number of allylic oxidation sites excluding steroid dienone is 2. The average molecular weight is 175 g/mol. The number of nitrogens with one attached hydrogen (secondary N) is 1. The average Bonchev–Trinajstić information content (AvgIpc) is 2.81. The molecule has 0 aromatic rings. The summed E-state index contributed by atoms with van der Waals surface area (Å²) in [5.41, 5.74) is 1.91. The minimum absolute atomic E-state index is 0.0332. The quantitative estimate of drug-likeness (QED) is 0.680. The normalized spacial score (nSPS) is 29.6. The topological polar surface area (TPSA) is 29.1 Å². The van der Waals surface area contributed by atoms with E-state index in [0.29, 0.717) is 11.8 Å². The van der Waals surface area contributed by atoms with E-state index in [-0.39, 0.29) is 5.91 Å². The van der Waals surface area contributed by atoms with Gasteiger partial charge in [0, 0.05) is 5.57 Å². The number of fused-ring (bicyclic) bond motifs is 1. The van der Waals surface area contributed by atoms with Crippen molar-refractivity contribution in [2.75, 3.05) is 0 Å². The van der Waals surface area contributed by atoms with Gasteiger partial charge in [-0.05, 0) is 37.0 Å². The molecule has 68 valence electrons. The van der Waals surface area contributed by atoms with Gasteiger partial charge in [0.25, 0.3) is 5.91 Å². The number of hydrogen-bond donors (Lipinski definition) is 1. The molecule has 0 spiro atoms. The van der Waals surface area contributed by atoms with Gasteiger partial charge in [-0.25, -0.2) is 0 Å². The predicted octanol–water partition coefficient (Wildman–Crippen LogP) is 1.77. The molecule has 2 aliphatic rings. The lowest BCUT2D eigenvalue weighted by molar-refractivity contribution is -0.116. The fourth-order valence-electron chi connectivity index (χ4n) is 1.80. The highest BCUT2D eigenvalue weighted by atomic mass is 16.1. The minimum Gasteiger partial charge on any atom is -0.329 e. The highest BCUT2D eigenvalue weighted by Gasteiger charge is 2.37. The zero-order valence-electron chi connectivity index (χ0n) is 7.71. The Labute approximate surface area is 78.0 Å². The van der Waals surface area contributed by atoms with Crippen molar-refractivity contribution in [2.24, 2.45) is 11.8 Å². The Morgan fingerprint density at radius 2 is 2.31 bits per heavy atom. The first-order chi connectivity index (χ1) is 6.22. The molecule has 0 bridgehead atoms. The molecular weight excluding hydrogens is 162 g/mol. The lowest BCUT2D eigenvalue weighted by Gasteiger charge is -2.10. The Morgan fingerprint density at radius 3 is 3.00 bits per heavy atom. The monoisotopic (exact) mass is 175 g/mol. The van der Waals surface area contributed by atoms with Crippen molar-refractivity contribution in [1.29, 1.82) is 0 Å². The van der Waals surface area contributed by atoms with Crippen LogP contribution in [0.2, 0.25) is 0 Å². The van der Waals surface area contributed by atoms with Crippen molar-refractivity contribution >= 4 is 5.91 Å². The van der Waals surface area contributed by atoms with Crippen LogP contribution in [0.1, 0.15) is 13.3 Å². The van der Waals surface area contributed by atoms with E-state index < -0.39 is 0 Å². The van der Waals surface area contributed by atoms with Gasteiger partial charge in [0.15, 0.2) is 0 Å². The van der Waals surface area contributed by atoms with Crippen molar-refractivity contribution in [2.45, 2.75) is 13.3 Å². The van der Waals surface area contributed by atoms with Crippen LogP contribution in [0.5, 0.6) is 0 Å². The van der Waals surface area contributed by atoms with E-state index in [0.717, 1.165) is 11.1 Å². The second-order valence-electron chi connectivity index (χ2n) is 3.67. The Bertz CT molecular complexity index is 325. The number of carbonyl (C=O) groups excluding carboxylic acids is 1. The molecule has 2 rings (SSSR count). The fraction of sp³-hybridized carbons (Fsp3) is 0.364. The van der Waals surface area contributed by atoms with E-state index in [1.807, 2.05) is 6.92 Å². The summed E-state index contributed by atoms with van der Waals surface area (Å²) in [6.45, 7) is 5.46. The van der Waals surface area contributed by atoms with Gasteiger partial charge in [-0.2, -0.15) is 0 Å². The summed E-state index contributed by atoms with van der Waals surface area (Å²) in [6.07, 6.45) is 6.92. The minimum atomic E-state index is -0.0332. The molecule has 0 radical (unpaired) electrons. The Kier molecular flexibility index (Phi) is 1.83. The molecule has 1 N–H and O–H groups in total. The molecule has 0 aliphatic heterocycles. The summed E-state index contributed by atoms with van der Waals surface area (Å²) in [5.74, 6) is 1.30. The van der Waals surface area contributed by atoms with Crippen LogP contribution in [-0.4, -0.2) is 5.91 Å². The van der Waals surface area contributed by atoms with Crippen LogP contribution in [0.3, 0.4) is 0 Å². The van der Waals surface area contributed by atoms with Crippen LogP contribution in [0.25, 0.3) is 0 Å². The maximum absolute atomic E-state index is 11.5. The van der Waals surface area contributed by atoms with E-state index in [2.05, 4.69) is 24.0 Å². The molecule has 1 amide bonds. The van der Waals surface area contributed by atoms with Gasteiger partial charge >= 0.3 is 0 Å². The summed E-state index contributed by atoms with van der Waals surface area (Å²) in [5, 5.41) is 2.60. The first-order valence-electron chi connectivity index (χ1n) is 4.54. The van der Waals surface area contributed by atoms with Gasteiger partial charge in [0.2, 0.25) is 0 Å². The van der Waals surface area contributed by atoms with E-state index in [1.54, 1.807) is 0 Å². The van der Waals surface area contributed by atoms with Crippen LogP contribution < -0.4 is 5.32 Å². The van der Waals surface area contributed by atoms with Crippen molar-refractivity contribution in [1.82, 2.24) is 5.32 Å². The van der Waals surface area contributed by atoms with Crippen LogP contribution in [-0.2, 0) is 4.79 Å². The van der Waals surface area contributed by atoms with E-state index in [1.165, 1.54) is 12.6 Å². The molecule has 13 heavy (non-hydrogen) atoms. The van der Waals surface area contributed by atoms with Crippen LogP contribution in [0.15, 0.2) is 36.1 Å². The number of amides is 1. The second-order valence-corrected chi connectivity index (χ2v) is 3.67. The van der Waals surface area contributed by atoms with Gasteiger partial charge in [0.05, 0.1) is 0 Å². The zero-order chi connectivity index (χ0) is 9.42. The third-order valence-electron chi connectivity index (χ3n) is 2.64. The van der Waals surface area contributed by atoms with Gasteiger partial charge < -0.3 is 5.32 Å². The third-order valence-corrected chi connectivity index (χ3v) is 2.64. The first-order valence-corrected chi connectivity index (χ1v) is 4.54. The fourth-order valence-corrected chi connectivity index (χ4v) is 1.80. The molecule has 2 unspecified atom stereocenters. The second kappa shape index (κ2) is 2.87. The van der Waals surface area contributed by atoms with Crippen molar-refractivity contribution < 1.29 is 4.79 Å². The molecule has 0 aromatic heterocycles. The summed E-state index contributed by atoms with van der Waals surface area (Å²) in [7, 11) is 0. The predicted molar refractivity (Wildman–Crippen MR) is 51.8 cm³/mol. The molecule has 0 aromatic carbocycles.